The van der Waals surface area contributed by atoms with Crippen LogP contribution in [0.4, 0.5) is 0 Å². The molecule has 3 aromatic rings. The molecular weight excluding hydrogens is 272 g/mol. The fraction of sp³-hybridized carbons (Fsp3) is 0.125. The fourth-order valence-electron chi connectivity index (χ4n) is 2.41. The Labute approximate surface area is 122 Å². The van der Waals surface area contributed by atoms with Gasteiger partial charge >= 0.3 is 0 Å². The van der Waals surface area contributed by atoms with E-state index in [0.717, 1.165) is 27.9 Å². The zero-order valence-corrected chi connectivity index (χ0v) is 11.8. The summed E-state index contributed by atoms with van der Waals surface area (Å²) < 4.78 is 5.96. The van der Waals surface area contributed by atoms with E-state index in [1.807, 2.05) is 55.5 Å². The van der Waals surface area contributed by atoms with E-state index >= 15 is 0 Å². The highest BCUT2D eigenvalue weighted by Crippen LogP contribution is 2.32. The van der Waals surface area contributed by atoms with E-state index in [9.17, 15) is 0 Å². The summed E-state index contributed by atoms with van der Waals surface area (Å²) in [6.45, 7) is 2.02. The van der Waals surface area contributed by atoms with Crippen LogP contribution < -0.4 is 11.3 Å². The Kier molecular flexibility index (Phi) is 3.49. The molecule has 0 saturated carbocycles. The Balaban J connectivity index is 2.12. The van der Waals surface area contributed by atoms with Crippen LogP contribution in [0.2, 0.25) is 5.02 Å². The number of fused-ring (bicyclic) bond motifs is 1. The van der Waals surface area contributed by atoms with Crippen LogP contribution >= 0.6 is 11.6 Å². The second kappa shape index (κ2) is 5.29. The molecule has 4 heteroatoms. The van der Waals surface area contributed by atoms with Crippen LogP contribution in [-0.2, 0) is 0 Å². The highest BCUT2D eigenvalue weighted by Gasteiger charge is 2.19. The van der Waals surface area contributed by atoms with Crippen molar-refractivity contribution in [2.45, 2.75) is 13.0 Å². The number of hydrogen-bond acceptors (Lipinski definition) is 3. The second-order valence-corrected chi connectivity index (χ2v) is 5.17. The van der Waals surface area contributed by atoms with Gasteiger partial charge in [-0.15, -0.1) is 0 Å². The molecule has 1 heterocycles. The minimum Gasteiger partial charge on any atom is -0.459 e. The molecule has 0 spiro atoms. The summed E-state index contributed by atoms with van der Waals surface area (Å²) in [5.41, 5.74) is 5.66. The fourth-order valence-corrected chi connectivity index (χ4v) is 2.65. The molecule has 0 aliphatic rings. The Hall–Kier alpha value is -1.81. The zero-order valence-electron chi connectivity index (χ0n) is 11.1. The maximum atomic E-state index is 6.24. The van der Waals surface area contributed by atoms with Gasteiger partial charge in [0, 0.05) is 10.4 Å². The number of nitrogens with one attached hydrogen (secondary N) is 1. The number of aryl methyl sites for hydroxylation is 1. The smallest absolute Gasteiger partial charge is 0.137 e. The van der Waals surface area contributed by atoms with Crippen molar-refractivity contribution in [2.24, 2.45) is 5.84 Å². The highest BCUT2D eigenvalue weighted by molar-refractivity contribution is 6.31. The van der Waals surface area contributed by atoms with Crippen molar-refractivity contribution < 1.29 is 4.42 Å². The number of rotatable bonds is 3. The van der Waals surface area contributed by atoms with Crippen molar-refractivity contribution in [1.29, 1.82) is 0 Å². The number of hydrazine groups is 1. The molecule has 3 N–H and O–H groups in total. The number of halogens is 1. The van der Waals surface area contributed by atoms with Gasteiger partial charge in [0.25, 0.3) is 0 Å². The van der Waals surface area contributed by atoms with Crippen molar-refractivity contribution in [3.05, 3.63) is 70.4 Å². The molecule has 1 unspecified atom stereocenters. The molecule has 0 saturated heterocycles. The predicted octanol–water partition coefficient (Wildman–Crippen LogP) is 3.95. The third-order valence-electron chi connectivity index (χ3n) is 3.43. The Morgan fingerprint density at radius 3 is 2.65 bits per heavy atom. The van der Waals surface area contributed by atoms with Gasteiger partial charge in [0.1, 0.15) is 17.4 Å². The van der Waals surface area contributed by atoms with Crippen molar-refractivity contribution in [3.8, 4) is 0 Å². The first kappa shape index (κ1) is 13.2. The van der Waals surface area contributed by atoms with Crippen molar-refractivity contribution in [2.75, 3.05) is 0 Å². The van der Waals surface area contributed by atoms with Gasteiger partial charge in [-0.2, -0.15) is 0 Å². The Morgan fingerprint density at radius 1 is 1.15 bits per heavy atom. The molecular formula is C16H15ClN2O. The molecule has 2 aromatic carbocycles. The maximum absolute atomic E-state index is 6.24. The Bertz CT molecular complexity index is 751. The van der Waals surface area contributed by atoms with Gasteiger partial charge in [-0.1, -0.05) is 48.0 Å². The number of furan rings is 1. The van der Waals surface area contributed by atoms with E-state index in [0.29, 0.717) is 5.02 Å². The largest absolute Gasteiger partial charge is 0.459 e. The van der Waals surface area contributed by atoms with Crippen molar-refractivity contribution in [1.82, 2.24) is 5.43 Å². The lowest BCUT2D eigenvalue weighted by Gasteiger charge is -2.15. The summed E-state index contributed by atoms with van der Waals surface area (Å²) in [5.74, 6) is 6.45. The van der Waals surface area contributed by atoms with Crippen LogP contribution in [0.1, 0.15) is 22.9 Å². The monoisotopic (exact) mass is 286 g/mol. The van der Waals surface area contributed by atoms with Crippen LogP contribution in [0.25, 0.3) is 11.0 Å². The van der Waals surface area contributed by atoms with E-state index < -0.39 is 0 Å². The van der Waals surface area contributed by atoms with Gasteiger partial charge in [-0.05, 0) is 30.2 Å². The first-order valence-electron chi connectivity index (χ1n) is 6.40. The van der Waals surface area contributed by atoms with E-state index in [4.69, 9.17) is 21.9 Å². The molecule has 20 heavy (non-hydrogen) atoms. The Morgan fingerprint density at radius 2 is 1.95 bits per heavy atom. The van der Waals surface area contributed by atoms with Gasteiger partial charge < -0.3 is 4.42 Å². The minimum absolute atomic E-state index is 0.268. The topological polar surface area (TPSA) is 51.2 Å². The number of para-hydroxylation sites is 1. The molecule has 1 atom stereocenters. The minimum atomic E-state index is -0.268. The summed E-state index contributed by atoms with van der Waals surface area (Å²) in [6.07, 6.45) is 0. The summed E-state index contributed by atoms with van der Waals surface area (Å²) in [6, 6.07) is 15.4. The SMILES string of the molecule is Cc1cccc2cc(C(NN)c3ccccc3Cl)oc12. The molecule has 3 nitrogen and oxygen atoms in total. The van der Waals surface area contributed by atoms with E-state index in [1.54, 1.807) is 0 Å². The summed E-state index contributed by atoms with van der Waals surface area (Å²) >= 11 is 6.24. The molecule has 3 rings (SSSR count). The standard InChI is InChI=1S/C16H15ClN2O/c1-10-5-4-6-11-9-14(20-16(10)11)15(19-18)12-7-2-3-8-13(12)17/h2-9,15,19H,18H2,1H3. The van der Waals surface area contributed by atoms with Crippen molar-refractivity contribution >= 4 is 22.6 Å². The van der Waals surface area contributed by atoms with E-state index in [-0.39, 0.29) is 6.04 Å². The van der Waals surface area contributed by atoms with E-state index in [2.05, 4.69) is 5.43 Å². The lowest BCUT2D eigenvalue weighted by Crippen LogP contribution is -2.28. The molecule has 1 aromatic heterocycles. The van der Waals surface area contributed by atoms with Gasteiger partial charge in [0.2, 0.25) is 0 Å². The van der Waals surface area contributed by atoms with Gasteiger partial charge in [-0.3, -0.25) is 5.84 Å². The zero-order chi connectivity index (χ0) is 14.1. The predicted molar refractivity (Wildman–Crippen MR) is 81.6 cm³/mol. The number of benzene rings is 2. The number of hydrogen-bond donors (Lipinski definition) is 2. The first-order valence-corrected chi connectivity index (χ1v) is 6.78. The lowest BCUT2D eigenvalue weighted by atomic mass is 10.0. The summed E-state index contributed by atoms with van der Waals surface area (Å²) in [7, 11) is 0. The molecule has 0 radical (unpaired) electrons. The maximum Gasteiger partial charge on any atom is 0.137 e. The van der Waals surface area contributed by atoms with Gasteiger partial charge in [0.15, 0.2) is 0 Å². The molecule has 0 bridgehead atoms. The average Bonchev–Trinajstić information content (AvgIpc) is 2.87. The van der Waals surface area contributed by atoms with Crippen LogP contribution in [0.3, 0.4) is 0 Å². The summed E-state index contributed by atoms with van der Waals surface area (Å²) in [4.78, 5) is 0. The quantitative estimate of drug-likeness (QED) is 0.566. The average molecular weight is 287 g/mol. The second-order valence-electron chi connectivity index (χ2n) is 4.76. The van der Waals surface area contributed by atoms with Crippen LogP contribution in [0, 0.1) is 6.92 Å². The first-order chi connectivity index (χ1) is 9.70. The molecule has 0 aliphatic carbocycles. The van der Waals surface area contributed by atoms with Crippen LogP contribution in [0.15, 0.2) is 52.9 Å². The van der Waals surface area contributed by atoms with Crippen molar-refractivity contribution in [3.63, 3.8) is 0 Å². The van der Waals surface area contributed by atoms with Gasteiger partial charge in [0.05, 0.1) is 0 Å². The van der Waals surface area contributed by atoms with E-state index in [1.165, 1.54) is 0 Å². The van der Waals surface area contributed by atoms with Gasteiger partial charge in [-0.25, -0.2) is 5.43 Å². The summed E-state index contributed by atoms with van der Waals surface area (Å²) in [5, 5.41) is 1.72. The lowest BCUT2D eigenvalue weighted by molar-refractivity contribution is 0.476. The van der Waals surface area contributed by atoms with Crippen LogP contribution in [-0.4, -0.2) is 0 Å². The highest BCUT2D eigenvalue weighted by atomic mass is 35.5. The molecule has 0 fully saturated rings. The third-order valence-corrected chi connectivity index (χ3v) is 3.77. The molecule has 102 valence electrons. The third kappa shape index (κ3) is 2.20. The number of nitrogens with two attached hydrogens (primary N) is 1. The molecule has 0 aliphatic heterocycles. The van der Waals surface area contributed by atoms with Crippen LogP contribution in [0.5, 0.6) is 0 Å². The normalized spacial score (nSPS) is 12.8. The molecule has 0 amide bonds.